The van der Waals surface area contributed by atoms with Crippen LogP contribution in [0.15, 0.2) is 42.7 Å². The minimum Gasteiger partial charge on any atom is -0.397 e. The van der Waals surface area contributed by atoms with Gasteiger partial charge in [-0.1, -0.05) is 25.1 Å². The highest BCUT2D eigenvalue weighted by Gasteiger charge is 2.31. The third kappa shape index (κ3) is 2.12. The quantitative estimate of drug-likeness (QED) is 0.804. The molecule has 2 N–H and O–H groups in total. The van der Waals surface area contributed by atoms with E-state index >= 15 is 0 Å². The average molecular weight is 318 g/mol. The van der Waals surface area contributed by atoms with Gasteiger partial charge in [0.2, 0.25) is 0 Å². The number of benzene rings is 1. The van der Waals surface area contributed by atoms with Crippen LogP contribution in [0.5, 0.6) is 0 Å². The van der Waals surface area contributed by atoms with Crippen molar-refractivity contribution in [3.63, 3.8) is 0 Å². The lowest BCUT2D eigenvalue weighted by atomic mass is 10.00. The van der Waals surface area contributed by atoms with Crippen LogP contribution in [0.3, 0.4) is 0 Å². The van der Waals surface area contributed by atoms with Crippen LogP contribution in [-0.2, 0) is 6.54 Å². The topological polar surface area (TPSA) is 72.1 Å². The van der Waals surface area contributed by atoms with Crippen LogP contribution >= 0.6 is 0 Å². The van der Waals surface area contributed by atoms with Gasteiger partial charge < -0.3 is 10.6 Å². The molecule has 0 atom stereocenters. The van der Waals surface area contributed by atoms with E-state index in [2.05, 4.69) is 11.9 Å². The number of carbonyl (C=O) groups excluding carboxylic acids is 1. The van der Waals surface area contributed by atoms with Gasteiger partial charge in [0.05, 0.1) is 29.0 Å². The van der Waals surface area contributed by atoms with Crippen molar-refractivity contribution in [3.8, 4) is 11.1 Å². The summed E-state index contributed by atoms with van der Waals surface area (Å²) in [6.07, 6.45) is 4.44. The molecule has 2 aromatic heterocycles. The van der Waals surface area contributed by atoms with Crippen LogP contribution in [0.25, 0.3) is 22.0 Å². The van der Waals surface area contributed by atoms with Crippen molar-refractivity contribution in [2.24, 2.45) is 0 Å². The maximum atomic E-state index is 12.6. The number of hydrogen-bond acceptors (Lipinski definition) is 4. The Kier molecular flexibility index (Phi) is 3.41. The molecule has 1 aliphatic heterocycles. The Bertz CT molecular complexity index is 937. The van der Waals surface area contributed by atoms with E-state index in [9.17, 15) is 4.79 Å². The lowest BCUT2D eigenvalue weighted by molar-refractivity contribution is 0.0779. The Morgan fingerprint density at radius 2 is 2.00 bits per heavy atom. The van der Waals surface area contributed by atoms with Gasteiger partial charge in [-0.3, -0.25) is 9.78 Å². The standard InChI is InChI=1S/C19H18N4O/c1-2-10-23-11-15-16(19(23)24)17(20)14-5-3-4-13(18(14)22-15)12-6-8-21-9-7-12/h3-9H,2,10-11H2,1H3,(H2,20,22). The number of amides is 1. The highest BCUT2D eigenvalue weighted by atomic mass is 16.2. The predicted octanol–water partition coefficient (Wildman–Crippen LogP) is 3.24. The molecule has 1 aromatic carbocycles. The first-order valence-electron chi connectivity index (χ1n) is 8.11. The first kappa shape index (κ1) is 14.6. The summed E-state index contributed by atoms with van der Waals surface area (Å²) in [4.78, 5) is 23.3. The molecule has 5 nitrogen and oxygen atoms in total. The Balaban J connectivity index is 1.95. The molecule has 1 aliphatic rings. The largest absolute Gasteiger partial charge is 0.397 e. The van der Waals surface area contributed by atoms with Crippen molar-refractivity contribution < 1.29 is 4.79 Å². The number of pyridine rings is 2. The maximum absolute atomic E-state index is 12.6. The molecule has 0 unspecified atom stereocenters. The van der Waals surface area contributed by atoms with Gasteiger partial charge in [-0.15, -0.1) is 0 Å². The number of nitrogens with two attached hydrogens (primary N) is 1. The zero-order valence-electron chi connectivity index (χ0n) is 13.5. The molecule has 0 aliphatic carbocycles. The molecular weight excluding hydrogens is 300 g/mol. The van der Waals surface area contributed by atoms with Crippen molar-refractivity contribution >= 4 is 22.5 Å². The summed E-state index contributed by atoms with van der Waals surface area (Å²) in [5.41, 5.74) is 11.1. The summed E-state index contributed by atoms with van der Waals surface area (Å²) < 4.78 is 0. The smallest absolute Gasteiger partial charge is 0.258 e. The molecule has 0 fully saturated rings. The molecule has 120 valence electrons. The minimum atomic E-state index is -0.00642. The van der Waals surface area contributed by atoms with E-state index in [0.717, 1.165) is 40.7 Å². The Morgan fingerprint density at radius 3 is 2.75 bits per heavy atom. The number of carbonyl (C=O) groups is 1. The van der Waals surface area contributed by atoms with Crippen LogP contribution in [0.1, 0.15) is 29.4 Å². The Hall–Kier alpha value is -2.95. The summed E-state index contributed by atoms with van der Waals surface area (Å²) in [5.74, 6) is -0.00642. The van der Waals surface area contributed by atoms with E-state index in [-0.39, 0.29) is 5.91 Å². The number of hydrogen-bond donors (Lipinski definition) is 1. The zero-order valence-corrected chi connectivity index (χ0v) is 13.5. The van der Waals surface area contributed by atoms with E-state index in [1.807, 2.05) is 35.2 Å². The molecule has 3 heterocycles. The van der Waals surface area contributed by atoms with Crippen LogP contribution in [0, 0.1) is 0 Å². The highest BCUT2D eigenvalue weighted by Crippen LogP contribution is 2.36. The van der Waals surface area contributed by atoms with Crippen molar-refractivity contribution in [2.75, 3.05) is 12.3 Å². The minimum absolute atomic E-state index is 0.00642. The first-order chi connectivity index (χ1) is 11.7. The number of fused-ring (bicyclic) bond motifs is 2. The lowest BCUT2D eigenvalue weighted by Crippen LogP contribution is -2.24. The molecule has 0 radical (unpaired) electrons. The number of nitrogens with zero attached hydrogens (tertiary/aromatic N) is 3. The second kappa shape index (κ2) is 5.60. The van der Waals surface area contributed by atoms with E-state index in [1.165, 1.54) is 0 Å². The molecule has 4 rings (SSSR count). The normalized spacial score (nSPS) is 13.5. The van der Waals surface area contributed by atoms with Crippen molar-refractivity contribution in [3.05, 3.63) is 54.0 Å². The average Bonchev–Trinajstić information content (AvgIpc) is 2.92. The molecule has 0 saturated heterocycles. The summed E-state index contributed by atoms with van der Waals surface area (Å²) in [5, 5.41) is 0.828. The van der Waals surface area contributed by atoms with Crippen LogP contribution in [0.4, 0.5) is 5.69 Å². The summed E-state index contributed by atoms with van der Waals surface area (Å²) >= 11 is 0. The number of rotatable bonds is 3. The van der Waals surface area contributed by atoms with Gasteiger partial charge >= 0.3 is 0 Å². The number of anilines is 1. The monoisotopic (exact) mass is 318 g/mol. The molecule has 1 amide bonds. The van der Waals surface area contributed by atoms with Crippen molar-refractivity contribution in [1.82, 2.24) is 14.9 Å². The van der Waals surface area contributed by atoms with Crippen molar-refractivity contribution in [2.45, 2.75) is 19.9 Å². The number of aromatic nitrogens is 2. The molecule has 24 heavy (non-hydrogen) atoms. The lowest BCUT2D eigenvalue weighted by Gasteiger charge is -2.13. The molecule has 5 heteroatoms. The summed E-state index contributed by atoms with van der Waals surface area (Å²) in [6, 6.07) is 9.81. The molecule has 0 saturated carbocycles. The van der Waals surface area contributed by atoms with Gasteiger partial charge in [-0.25, -0.2) is 4.98 Å². The van der Waals surface area contributed by atoms with Gasteiger partial charge in [0.15, 0.2) is 0 Å². The third-order valence-electron chi connectivity index (χ3n) is 4.46. The molecule has 0 spiro atoms. The summed E-state index contributed by atoms with van der Waals surface area (Å²) in [7, 11) is 0. The molecule has 3 aromatic rings. The fourth-order valence-corrected chi connectivity index (χ4v) is 3.34. The van der Waals surface area contributed by atoms with Gasteiger partial charge in [0.25, 0.3) is 5.91 Å². The highest BCUT2D eigenvalue weighted by molar-refractivity contribution is 6.11. The third-order valence-corrected chi connectivity index (χ3v) is 4.46. The fourth-order valence-electron chi connectivity index (χ4n) is 3.34. The van der Waals surface area contributed by atoms with E-state index in [1.54, 1.807) is 12.4 Å². The van der Waals surface area contributed by atoms with Crippen molar-refractivity contribution in [1.29, 1.82) is 0 Å². The van der Waals surface area contributed by atoms with E-state index in [4.69, 9.17) is 10.7 Å². The number of para-hydroxylation sites is 1. The van der Waals surface area contributed by atoms with Gasteiger partial charge in [-0.05, 0) is 24.1 Å². The second-order valence-electron chi connectivity index (χ2n) is 6.01. The van der Waals surface area contributed by atoms with Crippen LogP contribution in [0.2, 0.25) is 0 Å². The van der Waals surface area contributed by atoms with Crippen LogP contribution < -0.4 is 5.73 Å². The predicted molar refractivity (Wildman–Crippen MR) is 94.4 cm³/mol. The Morgan fingerprint density at radius 1 is 1.21 bits per heavy atom. The SMILES string of the molecule is CCCN1Cc2nc3c(-c4ccncc4)cccc3c(N)c2C1=O. The maximum Gasteiger partial charge on any atom is 0.258 e. The van der Waals surface area contributed by atoms with Crippen LogP contribution in [-0.4, -0.2) is 27.3 Å². The van der Waals surface area contributed by atoms with Gasteiger partial charge in [0.1, 0.15) is 0 Å². The van der Waals surface area contributed by atoms with E-state index in [0.29, 0.717) is 17.8 Å². The molecule has 0 bridgehead atoms. The van der Waals surface area contributed by atoms with Gasteiger partial charge in [0, 0.05) is 29.9 Å². The molecular formula is C19H18N4O. The fraction of sp³-hybridized carbons (Fsp3) is 0.211. The van der Waals surface area contributed by atoms with Gasteiger partial charge in [-0.2, -0.15) is 0 Å². The number of nitrogen functional groups attached to an aromatic ring is 1. The Labute approximate surface area is 140 Å². The first-order valence-corrected chi connectivity index (χ1v) is 8.11. The van der Waals surface area contributed by atoms with E-state index < -0.39 is 0 Å². The second-order valence-corrected chi connectivity index (χ2v) is 6.01. The summed E-state index contributed by atoms with van der Waals surface area (Å²) in [6.45, 7) is 3.32. The zero-order chi connectivity index (χ0) is 16.7.